The summed E-state index contributed by atoms with van der Waals surface area (Å²) in [6, 6.07) is 2.24. The second-order valence-electron chi connectivity index (χ2n) is 5.69. The lowest BCUT2D eigenvalue weighted by Crippen LogP contribution is -2.46. The first-order chi connectivity index (χ1) is 8.47. The van der Waals surface area contributed by atoms with E-state index in [0.717, 1.165) is 25.9 Å². The second-order valence-corrected chi connectivity index (χ2v) is 5.69. The van der Waals surface area contributed by atoms with Crippen LogP contribution in [0.2, 0.25) is 0 Å². The lowest BCUT2D eigenvalue weighted by molar-refractivity contribution is -0.135. The van der Waals surface area contributed by atoms with E-state index in [1.54, 1.807) is 0 Å². The normalized spacial score (nSPS) is 26.2. The van der Waals surface area contributed by atoms with Gasteiger partial charge in [0.15, 0.2) is 0 Å². The number of hydrogen-bond donors (Lipinski definition) is 0. The van der Waals surface area contributed by atoms with E-state index in [9.17, 15) is 4.79 Å². The Balaban J connectivity index is 2.75. The fourth-order valence-electron chi connectivity index (χ4n) is 2.30. The molecule has 1 fully saturated rings. The van der Waals surface area contributed by atoms with Crippen LogP contribution in [-0.2, 0) is 4.79 Å². The number of carbonyl (C=O) groups excluding carboxylic acids is 1. The van der Waals surface area contributed by atoms with Gasteiger partial charge in [0.25, 0.3) is 0 Å². The molecule has 0 aromatic carbocycles. The van der Waals surface area contributed by atoms with Crippen LogP contribution in [0.4, 0.5) is 0 Å². The van der Waals surface area contributed by atoms with Crippen LogP contribution in [0.3, 0.4) is 0 Å². The van der Waals surface area contributed by atoms with E-state index in [2.05, 4.69) is 31.7 Å². The Labute approximate surface area is 111 Å². The third-order valence-electron chi connectivity index (χ3n) is 3.86. The molecular formula is C14H25N3O. The Morgan fingerprint density at radius 2 is 2.17 bits per heavy atom. The molecular weight excluding hydrogens is 226 g/mol. The maximum absolute atomic E-state index is 12.4. The van der Waals surface area contributed by atoms with Gasteiger partial charge in [0.1, 0.15) is 6.04 Å². The van der Waals surface area contributed by atoms with Crippen molar-refractivity contribution in [3.8, 4) is 6.07 Å². The molecule has 1 rings (SSSR count). The monoisotopic (exact) mass is 251 g/mol. The largest absolute Gasteiger partial charge is 0.341 e. The standard InChI is InChI=1S/C14H25N3O/c1-11(2)6-9-17-10-7-12(3)16(4)13(5-8-15)14(17)18/h11-13H,5-7,9-10H2,1-4H3. The van der Waals surface area contributed by atoms with Gasteiger partial charge in [0.05, 0.1) is 12.5 Å². The Morgan fingerprint density at radius 1 is 1.50 bits per heavy atom. The molecule has 1 amide bonds. The zero-order chi connectivity index (χ0) is 13.7. The molecule has 0 aromatic heterocycles. The van der Waals surface area contributed by atoms with Gasteiger partial charge >= 0.3 is 0 Å². The lowest BCUT2D eigenvalue weighted by atomic mass is 10.1. The van der Waals surface area contributed by atoms with Crippen LogP contribution in [0.15, 0.2) is 0 Å². The highest BCUT2D eigenvalue weighted by molar-refractivity contribution is 5.82. The molecule has 0 aliphatic carbocycles. The molecule has 1 aliphatic heterocycles. The van der Waals surface area contributed by atoms with Crippen molar-refractivity contribution < 1.29 is 4.79 Å². The smallest absolute Gasteiger partial charge is 0.240 e. The molecule has 2 unspecified atom stereocenters. The average Bonchev–Trinajstić information content (AvgIpc) is 2.41. The molecule has 0 aromatic rings. The lowest BCUT2D eigenvalue weighted by Gasteiger charge is -2.29. The molecule has 1 saturated heterocycles. The van der Waals surface area contributed by atoms with Gasteiger partial charge < -0.3 is 4.90 Å². The Hall–Kier alpha value is -1.08. The maximum atomic E-state index is 12.4. The van der Waals surface area contributed by atoms with Crippen LogP contribution >= 0.6 is 0 Å². The molecule has 1 heterocycles. The van der Waals surface area contributed by atoms with E-state index < -0.39 is 0 Å². The zero-order valence-electron chi connectivity index (χ0n) is 12.0. The van der Waals surface area contributed by atoms with Crippen LogP contribution in [0.1, 0.15) is 40.0 Å². The SMILES string of the molecule is CC(C)CCN1CCC(C)N(C)C(CC#N)C1=O. The van der Waals surface area contributed by atoms with Gasteiger partial charge in [-0.05, 0) is 32.7 Å². The summed E-state index contributed by atoms with van der Waals surface area (Å²) < 4.78 is 0. The van der Waals surface area contributed by atoms with Crippen molar-refractivity contribution in [2.24, 2.45) is 5.92 Å². The first kappa shape index (κ1) is 15.0. The summed E-state index contributed by atoms with van der Waals surface area (Å²) in [6.45, 7) is 8.11. The van der Waals surface area contributed by atoms with E-state index in [0.29, 0.717) is 12.0 Å². The summed E-state index contributed by atoms with van der Waals surface area (Å²) in [5.74, 6) is 0.731. The Morgan fingerprint density at radius 3 is 2.72 bits per heavy atom. The molecule has 2 atom stereocenters. The summed E-state index contributed by atoms with van der Waals surface area (Å²) in [7, 11) is 1.95. The summed E-state index contributed by atoms with van der Waals surface area (Å²) in [5, 5.41) is 8.89. The van der Waals surface area contributed by atoms with Crippen LogP contribution < -0.4 is 0 Å². The van der Waals surface area contributed by atoms with Crippen molar-refractivity contribution in [3.63, 3.8) is 0 Å². The minimum Gasteiger partial charge on any atom is -0.341 e. The van der Waals surface area contributed by atoms with Gasteiger partial charge in [0, 0.05) is 19.1 Å². The van der Waals surface area contributed by atoms with Crippen molar-refractivity contribution in [2.75, 3.05) is 20.1 Å². The highest BCUT2D eigenvalue weighted by Gasteiger charge is 2.33. The molecule has 1 aliphatic rings. The number of carbonyl (C=O) groups is 1. The van der Waals surface area contributed by atoms with E-state index in [4.69, 9.17) is 5.26 Å². The highest BCUT2D eigenvalue weighted by atomic mass is 16.2. The molecule has 0 saturated carbocycles. The van der Waals surface area contributed by atoms with Crippen molar-refractivity contribution >= 4 is 5.91 Å². The van der Waals surface area contributed by atoms with Gasteiger partial charge in [-0.2, -0.15) is 5.26 Å². The molecule has 4 heteroatoms. The van der Waals surface area contributed by atoms with Crippen LogP contribution in [0, 0.1) is 17.2 Å². The number of likely N-dealkylation sites (N-methyl/N-ethyl adjacent to an activating group) is 1. The van der Waals surface area contributed by atoms with Crippen LogP contribution in [0.25, 0.3) is 0 Å². The van der Waals surface area contributed by atoms with Gasteiger partial charge in [-0.25, -0.2) is 0 Å². The number of nitriles is 1. The Bertz CT molecular complexity index is 319. The summed E-state index contributed by atoms with van der Waals surface area (Å²) in [5.41, 5.74) is 0. The predicted octanol–water partition coefficient (Wildman–Crippen LogP) is 1.87. The van der Waals surface area contributed by atoms with Gasteiger partial charge in [-0.1, -0.05) is 13.8 Å². The third kappa shape index (κ3) is 3.71. The first-order valence-electron chi connectivity index (χ1n) is 6.85. The number of amides is 1. The third-order valence-corrected chi connectivity index (χ3v) is 3.86. The quantitative estimate of drug-likeness (QED) is 0.766. The van der Waals surface area contributed by atoms with Gasteiger partial charge in [-0.3, -0.25) is 9.69 Å². The fourth-order valence-corrected chi connectivity index (χ4v) is 2.30. The molecule has 0 bridgehead atoms. The number of rotatable bonds is 4. The van der Waals surface area contributed by atoms with Gasteiger partial charge in [-0.15, -0.1) is 0 Å². The van der Waals surface area contributed by atoms with E-state index in [-0.39, 0.29) is 18.4 Å². The highest BCUT2D eigenvalue weighted by Crippen LogP contribution is 2.18. The molecule has 102 valence electrons. The number of hydrogen-bond acceptors (Lipinski definition) is 3. The summed E-state index contributed by atoms with van der Waals surface area (Å²) in [4.78, 5) is 16.4. The van der Waals surface area contributed by atoms with Crippen molar-refractivity contribution in [1.82, 2.24) is 9.80 Å². The van der Waals surface area contributed by atoms with Crippen molar-refractivity contribution in [2.45, 2.75) is 52.1 Å². The van der Waals surface area contributed by atoms with Gasteiger partial charge in [0.2, 0.25) is 5.91 Å². The topological polar surface area (TPSA) is 47.3 Å². The second kappa shape index (κ2) is 6.75. The van der Waals surface area contributed by atoms with Crippen LogP contribution in [-0.4, -0.2) is 47.9 Å². The Kier molecular flexibility index (Phi) is 5.61. The molecule has 4 nitrogen and oxygen atoms in total. The van der Waals surface area contributed by atoms with Crippen LogP contribution in [0.5, 0.6) is 0 Å². The minimum absolute atomic E-state index is 0.129. The average molecular weight is 251 g/mol. The summed E-state index contributed by atoms with van der Waals surface area (Å²) >= 11 is 0. The maximum Gasteiger partial charge on any atom is 0.240 e. The molecule has 0 radical (unpaired) electrons. The zero-order valence-corrected chi connectivity index (χ0v) is 12.0. The molecule has 0 spiro atoms. The van der Waals surface area contributed by atoms with E-state index >= 15 is 0 Å². The predicted molar refractivity (Wildman–Crippen MR) is 71.9 cm³/mol. The first-order valence-corrected chi connectivity index (χ1v) is 6.85. The molecule has 0 N–H and O–H groups in total. The van der Waals surface area contributed by atoms with E-state index in [1.807, 2.05) is 11.9 Å². The summed E-state index contributed by atoms with van der Waals surface area (Å²) in [6.07, 6.45) is 2.31. The van der Waals surface area contributed by atoms with E-state index in [1.165, 1.54) is 0 Å². The van der Waals surface area contributed by atoms with Crippen molar-refractivity contribution in [3.05, 3.63) is 0 Å². The minimum atomic E-state index is -0.264. The number of nitrogens with zero attached hydrogens (tertiary/aromatic N) is 3. The fraction of sp³-hybridized carbons (Fsp3) is 0.857. The molecule has 18 heavy (non-hydrogen) atoms. The van der Waals surface area contributed by atoms with Crippen molar-refractivity contribution in [1.29, 1.82) is 5.26 Å².